The molecule has 0 fully saturated rings. The quantitative estimate of drug-likeness (QED) is 0.153. The highest BCUT2D eigenvalue weighted by Crippen LogP contribution is 2.19. The SMILES string of the molecule is NCC(=O)NC(CS)C(=O)NC(Cc1c[nH]c2ccccc12)C(=O)NC(CCC(N)=O)C(=O)O. The summed E-state index contributed by atoms with van der Waals surface area (Å²) in [6, 6.07) is 3.68. The lowest BCUT2D eigenvalue weighted by atomic mass is 10.0. The van der Waals surface area contributed by atoms with Crippen LogP contribution in [-0.4, -0.2) is 70.1 Å². The molecule has 2 aromatic rings. The summed E-state index contributed by atoms with van der Waals surface area (Å²) in [5.74, 6) is -4.18. The van der Waals surface area contributed by atoms with Crippen molar-refractivity contribution in [2.45, 2.75) is 37.4 Å². The number of carbonyl (C=O) groups is 5. The number of benzene rings is 1. The minimum atomic E-state index is -1.39. The molecule has 9 N–H and O–H groups in total. The van der Waals surface area contributed by atoms with Crippen LogP contribution >= 0.6 is 12.6 Å². The Morgan fingerprint density at radius 1 is 1.00 bits per heavy atom. The molecule has 3 unspecified atom stereocenters. The summed E-state index contributed by atoms with van der Waals surface area (Å²) < 4.78 is 0. The van der Waals surface area contributed by atoms with Gasteiger partial charge in [-0.2, -0.15) is 12.6 Å². The lowest BCUT2D eigenvalue weighted by molar-refractivity contribution is -0.142. The molecular formula is C21H28N6O6S. The molecule has 0 saturated heterocycles. The van der Waals surface area contributed by atoms with Gasteiger partial charge in [-0.25, -0.2) is 4.79 Å². The minimum absolute atomic E-state index is 0.0217. The van der Waals surface area contributed by atoms with Gasteiger partial charge in [-0.05, 0) is 18.1 Å². The van der Waals surface area contributed by atoms with Gasteiger partial charge in [0, 0.05) is 35.7 Å². The zero-order valence-electron chi connectivity index (χ0n) is 18.2. The van der Waals surface area contributed by atoms with Crippen molar-refractivity contribution < 1.29 is 29.1 Å². The van der Waals surface area contributed by atoms with Crippen LogP contribution in [0, 0.1) is 0 Å². The highest BCUT2D eigenvalue weighted by Gasteiger charge is 2.30. The zero-order valence-corrected chi connectivity index (χ0v) is 19.1. The molecule has 0 aliphatic carbocycles. The molecule has 0 spiro atoms. The Balaban J connectivity index is 2.27. The number of rotatable bonds is 13. The van der Waals surface area contributed by atoms with Crippen molar-refractivity contribution in [2.24, 2.45) is 11.5 Å². The number of aromatic amines is 1. The number of aromatic nitrogens is 1. The van der Waals surface area contributed by atoms with Crippen LogP contribution in [0.4, 0.5) is 0 Å². The minimum Gasteiger partial charge on any atom is -0.480 e. The van der Waals surface area contributed by atoms with Crippen molar-refractivity contribution >= 4 is 53.1 Å². The maximum atomic E-state index is 13.0. The fourth-order valence-electron chi connectivity index (χ4n) is 3.27. The van der Waals surface area contributed by atoms with Crippen molar-refractivity contribution in [3.8, 4) is 0 Å². The van der Waals surface area contributed by atoms with Crippen LogP contribution in [-0.2, 0) is 30.4 Å². The van der Waals surface area contributed by atoms with E-state index in [0.29, 0.717) is 5.56 Å². The molecule has 1 aromatic carbocycles. The van der Waals surface area contributed by atoms with E-state index in [2.05, 4.69) is 33.6 Å². The van der Waals surface area contributed by atoms with E-state index in [-0.39, 0.29) is 31.6 Å². The van der Waals surface area contributed by atoms with Crippen LogP contribution in [0.15, 0.2) is 30.5 Å². The van der Waals surface area contributed by atoms with Crippen molar-refractivity contribution in [3.05, 3.63) is 36.0 Å². The van der Waals surface area contributed by atoms with E-state index in [0.717, 1.165) is 10.9 Å². The van der Waals surface area contributed by atoms with E-state index in [1.165, 1.54) is 0 Å². The lowest BCUT2D eigenvalue weighted by Crippen LogP contribution is -2.57. The first kappa shape index (κ1) is 26.7. The second kappa shape index (κ2) is 12.6. The average Bonchev–Trinajstić information content (AvgIpc) is 3.21. The van der Waals surface area contributed by atoms with Gasteiger partial charge in [0.15, 0.2) is 0 Å². The number of fused-ring (bicyclic) bond motifs is 1. The fraction of sp³-hybridized carbons (Fsp3) is 0.381. The molecule has 0 aliphatic rings. The highest BCUT2D eigenvalue weighted by atomic mass is 32.1. The topological polar surface area (TPSA) is 209 Å². The van der Waals surface area contributed by atoms with Crippen LogP contribution in [0.2, 0.25) is 0 Å². The third kappa shape index (κ3) is 7.49. The van der Waals surface area contributed by atoms with Crippen molar-refractivity contribution in [2.75, 3.05) is 12.3 Å². The molecule has 0 radical (unpaired) electrons. The first-order chi connectivity index (χ1) is 16.2. The monoisotopic (exact) mass is 492 g/mol. The lowest BCUT2D eigenvalue weighted by Gasteiger charge is -2.24. The molecule has 3 atom stereocenters. The van der Waals surface area contributed by atoms with Gasteiger partial charge in [0.2, 0.25) is 23.6 Å². The summed E-state index contributed by atoms with van der Waals surface area (Å²) in [6.45, 7) is -0.336. The molecule has 1 heterocycles. The Labute approximate surface area is 200 Å². The van der Waals surface area contributed by atoms with Gasteiger partial charge in [-0.1, -0.05) is 18.2 Å². The molecular weight excluding hydrogens is 464 g/mol. The van der Waals surface area contributed by atoms with Gasteiger partial charge in [0.25, 0.3) is 0 Å². The van der Waals surface area contributed by atoms with Gasteiger partial charge in [0.1, 0.15) is 18.1 Å². The van der Waals surface area contributed by atoms with Crippen molar-refractivity contribution in [1.29, 1.82) is 0 Å². The van der Waals surface area contributed by atoms with Gasteiger partial charge in [-0.15, -0.1) is 0 Å². The number of hydrogen-bond acceptors (Lipinski definition) is 7. The molecule has 2 rings (SSSR count). The first-order valence-electron chi connectivity index (χ1n) is 10.4. The van der Waals surface area contributed by atoms with Crippen LogP contribution in [0.3, 0.4) is 0 Å². The third-order valence-electron chi connectivity index (χ3n) is 5.05. The maximum absolute atomic E-state index is 13.0. The van der Waals surface area contributed by atoms with E-state index in [1.807, 2.05) is 24.3 Å². The molecule has 4 amide bonds. The van der Waals surface area contributed by atoms with Gasteiger partial charge in [-0.3, -0.25) is 19.2 Å². The Kier molecular flexibility index (Phi) is 9.89. The Morgan fingerprint density at radius 3 is 2.26 bits per heavy atom. The van der Waals surface area contributed by atoms with Gasteiger partial charge in [0.05, 0.1) is 6.54 Å². The largest absolute Gasteiger partial charge is 0.480 e. The molecule has 34 heavy (non-hydrogen) atoms. The number of hydrogen-bond donors (Lipinski definition) is 8. The van der Waals surface area contributed by atoms with Crippen LogP contribution in [0.5, 0.6) is 0 Å². The summed E-state index contributed by atoms with van der Waals surface area (Å²) in [7, 11) is 0. The van der Waals surface area contributed by atoms with E-state index in [4.69, 9.17) is 11.5 Å². The Morgan fingerprint density at radius 2 is 1.65 bits per heavy atom. The Bertz CT molecular complexity index is 1060. The number of carboxylic acid groups (broad SMARTS) is 1. The molecule has 184 valence electrons. The molecule has 0 aliphatic heterocycles. The van der Waals surface area contributed by atoms with Gasteiger partial charge >= 0.3 is 5.97 Å². The number of nitrogens with two attached hydrogens (primary N) is 2. The summed E-state index contributed by atoms with van der Waals surface area (Å²) in [4.78, 5) is 63.1. The van der Waals surface area contributed by atoms with E-state index >= 15 is 0 Å². The second-order valence-corrected chi connectivity index (χ2v) is 7.90. The summed E-state index contributed by atoms with van der Waals surface area (Å²) in [5.41, 5.74) is 11.9. The van der Waals surface area contributed by atoms with E-state index in [9.17, 15) is 29.1 Å². The molecule has 1 aromatic heterocycles. The summed E-state index contributed by atoms with van der Waals surface area (Å²) in [6.07, 6.45) is 1.25. The number of carboxylic acids is 1. The van der Waals surface area contributed by atoms with Gasteiger partial charge < -0.3 is 37.5 Å². The molecule has 0 bridgehead atoms. The number of para-hydroxylation sites is 1. The maximum Gasteiger partial charge on any atom is 0.326 e. The number of carbonyl (C=O) groups excluding carboxylic acids is 4. The number of aliphatic carboxylic acids is 1. The average molecular weight is 493 g/mol. The smallest absolute Gasteiger partial charge is 0.326 e. The first-order valence-corrected chi connectivity index (χ1v) is 11.1. The number of nitrogens with one attached hydrogen (secondary N) is 4. The van der Waals surface area contributed by atoms with Crippen LogP contribution < -0.4 is 27.4 Å². The van der Waals surface area contributed by atoms with Crippen molar-refractivity contribution in [1.82, 2.24) is 20.9 Å². The number of H-pyrrole nitrogens is 1. The number of primary amides is 1. The van der Waals surface area contributed by atoms with E-state index in [1.54, 1.807) is 6.20 Å². The second-order valence-electron chi connectivity index (χ2n) is 7.54. The molecule has 13 heteroatoms. The fourth-order valence-corrected chi connectivity index (χ4v) is 3.52. The third-order valence-corrected chi connectivity index (χ3v) is 5.41. The zero-order chi connectivity index (χ0) is 25.3. The van der Waals surface area contributed by atoms with Crippen molar-refractivity contribution in [3.63, 3.8) is 0 Å². The predicted molar refractivity (Wildman–Crippen MR) is 127 cm³/mol. The van der Waals surface area contributed by atoms with Crippen LogP contribution in [0.1, 0.15) is 18.4 Å². The highest BCUT2D eigenvalue weighted by molar-refractivity contribution is 7.80. The normalized spacial score (nSPS) is 13.5. The predicted octanol–water partition coefficient (Wildman–Crippen LogP) is -1.60. The van der Waals surface area contributed by atoms with E-state index < -0.39 is 47.7 Å². The summed E-state index contributed by atoms with van der Waals surface area (Å²) in [5, 5.41) is 17.5. The standard InChI is InChI=1S/C21H28N6O6S/c22-8-18(29)25-16(10-34)20(31)27-15(7-11-9-24-13-4-2-1-3-12(11)13)19(30)26-14(21(32)33)5-6-17(23)28/h1-4,9,14-16,24,34H,5-8,10,22H2,(H2,23,28)(H,25,29)(H,26,30)(H,27,31)(H,32,33). The molecule has 0 saturated carbocycles. The van der Waals surface area contributed by atoms with Crippen LogP contribution in [0.25, 0.3) is 10.9 Å². The number of thiol groups is 1. The molecule has 12 nitrogen and oxygen atoms in total. The summed E-state index contributed by atoms with van der Waals surface area (Å²) >= 11 is 4.07. The number of amides is 4. The Hall–Kier alpha value is -3.58.